The summed E-state index contributed by atoms with van der Waals surface area (Å²) in [7, 11) is 1.44. The first-order valence-electron chi connectivity index (χ1n) is 20.4. The summed E-state index contributed by atoms with van der Waals surface area (Å²) in [4.78, 5) is 35.2. The maximum Gasteiger partial charge on any atom is 0.472 e. The summed E-state index contributed by atoms with van der Waals surface area (Å²) in [6, 6.07) is 0. The summed E-state index contributed by atoms with van der Waals surface area (Å²) in [5.74, 6) is -0.867. The van der Waals surface area contributed by atoms with Crippen LogP contribution < -0.4 is 0 Å². The van der Waals surface area contributed by atoms with Gasteiger partial charge in [0.15, 0.2) is 6.10 Å². The molecule has 0 amide bonds. The van der Waals surface area contributed by atoms with E-state index in [0.29, 0.717) is 23.9 Å². The van der Waals surface area contributed by atoms with Gasteiger partial charge in [-0.2, -0.15) is 0 Å². The molecule has 1 N–H and O–H groups in total. The van der Waals surface area contributed by atoms with Gasteiger partial charge in [-0.15, -0.1) is 0 Å². The summed E-state index contributed by atoms with van der Waals surface area (Å²) < 4.78 is 34.1. The zero-order valence-corrected chi connectivity index (χ0v) is 34.7. The average Bonchev–Trinajstić information content (AvgIpc) is 3.09. The van der Waals surface area contributed by atoms with Gasteiger partial charge < -0.3 is 18.9 Å². The van der Waals surface area contributed by atoms with Crippen molar-refractivity contribution >= 4 is 19.8 Å². The fourth-order valence-corrected chi connectivity index (χ4v) is 5.81. The molecule has 0 bridgehead atoms. The van der Waals surface area contributed by atoms with Crippen LogP contribution in [-0.4, -0.2) is 74.9 Å². The number of carbonyl (C=O) groups excluding carboxylic acids is 2. The average molecular weight is 755 g/mol. The van der Waals surface area contributed by atoms with Gasteiger partial charge in [0, 0.05) is 12.8 Å². The van der Waals surface area contributed by atoms with Crippen molar-refractivity contribution < 1.29 is 42.1 Å². The topological polar surface area (TPSA) is 108 Å². The van der Waals surface area contributed by atoms with Crippen LogP contribution in [-0.2, 0) is 32.7 Å². The number of quaternary nitrogens is 1. The molecule has 0 fully saturated rings. The van der Waals surface area contributed by atoms with Crippen LogP contribution in [0.1, 0.15) is 155 Å². The van der Waals surface area contributed by atoms with Crippen LogP contribution in [0.4, 0.5) is 0 Å². The Morgan fingerprint density at radius 3 is 1.63 bits per heavy atom. The zero-order valence-electron chi connectivity index (χ0n) is 33.8. The van der Waals surface area contributed by atoms with E-state index < -0.39 is 32.5 Å². The van der Waals surface area contributed by atoms with Crippen LogP contribution in [0.3, 0.4) is 0 Å². The van der Waals surface area contributed by atoms with Crippen molar-refractivity contribution in [1.82, 2.24) is 0 Å². The standard InChI is InChI=1S/C42H76NO8P/c1-6-8-10-12-14-16-18-20-21-23-24-26-28-30-32-34-41(44)48-38-40(39-50-52(46,47)49-37-36-43(3,4)5)51-42(45)35-33-31-29-27-25-22-19-17-15-13-11-9-7-2/h14,16,20-22,24-26,40H,6-13,15,17-19,23,27-39H2,1-5H3/p+1/b16-14+,21-20+,25-22+,26-24+/t40-/m1/s1. The lowest BCUT2D eigenvalue weighted by molar-refractivity contribution is -0.870. The Hall–Kier alpha value is -2.03. The first kappa shape index (κ1) is 50.0. The van der Waals surface area contributed by atoms with E-state index in [0.717, 1.165) is 57.8 Å². The Labute approximate surface area is 318 Å². The molecule has 0 heterocycles. The highest BCUT2D eigenvalue weighted by atomic mass is 31.2. The number of ether oxygens (including phenoxy) is 2. The number of rotatable bonds is 36. The van der Waals surface area contributed by atoms with E-state index in [4.69, 9.17) is 18.5 Å². The van der Waals surface area contributed by atoms with E-state index in [1.54, 1.807) is 0 Å². The third-order valence-electron chi connectivity index (χ3n) is 8.33. The Morgan fingerprint density at radius 1 is 0.596 bits per heavy atom. The van der Waals surface area contributed by atoms with Crippen molar-refractivity contribution in [3.63, 3.8) is 0 Å². The Kier molecular flexibility index (Phi) is 33.4. The molecule has 0 radical (unpaired) electrons. The van der Waals surface area contributed by atoms with Gasteiger partial charge in [-0.25, -0.2) is 4.57 Å². The monoisotopic (exact) mass is 755 g/mol. The van der Waals surface area contributed by atoms with Crippen LogP contribution >= 0.6 is 7.82 Å². The van der Waals surface area contributed by atoms with Gasteiger partial charge in [0.1, 0.15) is 19.8 Å². The predicted octanol–water partition coefficient (Wildman–Crippen LogP) is 11.1. The Balaban J connectivity index is 4.51. The first-order valence-corrected chi connectivity index (χ1v) is 21.9. The molecule has 2 atom stereocenters. The molecule has 0 aromatic rings. The number of allylic oxidation sites excluding steroid dienone is 8. The lowest BCUT2D eigenvalue weighted by Crippen LogP contribution is -2.37. The van der Waals surface area contributed by atoms with E-state index in [9.17, 15) is 19.0 Å². The van der Waals surface area contributed by atoms with E-state index >= 15 is 0 Å². The molecule has 0 rings (SSSR count). The lowest BCUT2D eigenvalue weighted by atomic mass is 10.1. The zero-order chi connectivity index (χ0) is 38.6. The molecule has 0 saturated heterocycles. The van der Waals surface area contributed by atoms with Crippen LogP contribution in [0, 0.1) is 0 Å². The second-order valence-corrected chi connectivity index (χ2v) is 16.1. The number of nitrogens with zero attached hydrogens (tertiary/aromatic N) is 1. The smallest absolute Gasteiger partial charge is 0.462 e. The van der Waals surface area contributed by atoms with Crippen molar-refractivity contribution in [2.75, 3.05) is 47.5 Å². The van der Waals surface area contributed by atoms with Crippen molar-refractivity contribution in [1.29, 1.82) is 0 Å². The van der Waals surface area contributed by atoms with Crippen LogP contribution in [0.15, 0.2) is 48.6 Å². The highest BCUT2D eigenvalue weighted by molar-refractivity contribution is 7.47. The van der Waals surface area contributed by atoms with Crippen molar-refractivity contribution in [3.05, 3.63) is 48.6 Å². The van der Waals surface area contributed by atoms with E-state index in [1.165, 1.54) is 57.8 Å². The second kappa shape index (κ2) is 34.7. The molecule has 0 aromatic carbocycles. The van der Waals surface area contributed by atoms with E-state index in [2.05, 4.69) is 62.5 Å². The maximum atomic E-state index is 12.6. The first-order chi connectivity index (χ1) is 25.0. The highest BCUT2D eigenvalue weighted by Gasteiger charge is 2.27. The lowest BCUT2D eigenvalue weighted by Gasteiger charge is -2.24. The van der Waals surface area contributed by atoms with Gasteiger partial charge in [-0.3, -0.25) is 18.6 Å². The molecule has 52 heavy (non-hydrogen) atoms. The summed E-state index contributed by atoms with van der Waals surface area (Å²) in [5, 5.41) is 0. The Morgan fingerprint density at radius 2 is 1.04 bits per heavy atom. The summed E-state index contributed by atoms with van der Waals surface area (Å²) in [6.07, 6.45) is 38.7. The molecule has 9 nitrogen and oxygen atoms in total. The van der Waals surface area contributed by atoms with Gasteiger partial charge >= 0.3 is 19.8 Å². The van der Waals surface area contributed by atoms with Crippen molar-refractivity contribution in [2.45, 2.75) is 161 Å². The summed E-state index contributed by atoms with van der Waals surface area (Å²) in [6.45, 7) is 4.30. The maximum absolute atomic E-state index is 12.6. The minimum Gasteiger partial charge on any atom is -0.462 e. The molecule has 302 valence electrons. The largest absolute Gasteiger partial charge is 0.472 e. The molecular weight excluding hydrogens is 677 g/mol. The van der Waals surface area contributed by atoms with Crippen LogP contribution in [0.2, 0.25) is 0 Å². The fraction of sp³-hybridized carbons (Fsp3) is 0.762. The van der Waals surface area contributed by atoms with Crippen molar-refractivity contribution in [2.24, 2.45) is 0 Å². The van der Waals surface area contributed by atoms with Crippen molar-refractivity contribution in [3.8, 4) is 0 Å². The minimum atomic E-state index is -4.38. The molecule has 0 aliphatic rings. The highest BCUT2D eigenvalue weighted by Crippen LogP contribution is 2.43. The van der Waals surface area contributed by atoms with Crippen LogP contribution in [0.5, 0.6) is 0 Å². The summed E-state index contributed by atoms with van der Waals surface area (Å²) in [5.41, 5.74) is 0. The fourth-order valence-electron chi connectivity index (χ4n) is 5.07. The number of likely N-dealkylation sites (N-methyl/N-ethyl adjacent to an activating group) is 1. The second-order valence-electron chi connectivity index (χ2n) is 14.7. The molecule has 10 heteroatoms. The number of phosphoric acid groups is 1. The van der Waals surface area contributed by atoms with Gasteiger partial charge in [0.2, 0.25) is 0 Å². The SMILES string of the molecule is CCCCC/C=C/C/C=C/C/C=C/CCCCC(=O)OC[C@H](COP(=O)(O)OCC[N+](C)(C)C)OC(=O)CCCCC/C=C/CCCCCCCC. The summed E-state index contributed by atoms with van der Waals surface area (Å²) >= 11 is 0. The van der Waals surface area contributed by atoms with Gasteiger partial charge in [0.25, 0.3) is 0 Å². The molecule has 0 spiro atoms. The predicted molar refractivity (Wildman–Crippen MR) is 215 cm³/mol. The molecule has 0 aromatic heterocycles. The molecule has 0 aliphatic carbocycles. The van der Waals surface area contributed by atoms with Gasteiger partial charge in [0.05, 0.1) is 27.7 Å². The number of carbonyl (C=O) groups is 2. The molecule has 0 saturated carbocycles. The third kappa shape index (κ3) is 37.7. The number of unbranched alkanes of at least 4 members (excludes halogenated alkanes) is 14. The van der Waals surface area contributed by atoms with Gasteiger partial charge in [-0.1, -0.05) is 114 Å². The van der Waals surface area contributed by atoms with Gasteiger partial charge in [-0.05, 0) is 77.0 Å². The van der Waals surface area contributed by atoms with E-state index in [-0.39, 0.29) is 26.1 Å². The molecular formula is C42H77NO8P+. The number of hydrogen-bond acceptors (Lipinski definition) is 7. The molecule has 0 aliphatic heterocycles. The third-order valence-corrected chi connectivity index (χ3v) is 9.32. The van der Waals surface area contributed by atoms with E-state index in [1.807, 2.05) is 21.1 Å². The number of esters is 2. The van der Waals surface area contributed by atoms with Crippen LogP contribution in [0.25, 0.3) is 0 Å². The molecule has 1 unspecified atom stereocenters. The quantitative estimate of drug-likeness (QED) is 0.0221. The number of hydrogen-bond donors (Lipinski definition) is 1. The normalized spacial score (nSPS) is 14.2. The number of phosphoric ester groups is 1. The Bertz CT molecular complexity index is 1030. The minimum absolute atomic E-state index is 0.0215.